The fourth-order valence-corrected chi connectivity index (χ4v) is 4.37. The largest absolute Gasteiger partial charge is 0.300 e. The van der Waals surface area contributed by atoms with Crippen LogP contribution in [-0.4, -0.2) is 61.4 Å². The Morgan fingerprint density at radius 2 is 2.22 bits per heavy atom. The van der Waals surface area contributed by atoms with Crippen LogP contribution in [0.1, 0.15) is 30.1 Å². The first kappa shape index (κ1) is 17.9. The lowest BCUT2D eigenvalue weighted by Gasteiger charge is -2.40. The molecule has 4 rings (SSSR count). The molecule has 3 aromatic rings. The molecule has 8 heteroatoms. The van der Waals surface area contributed by atoms with Crippen molar-refractivity contribution in [2.45, 2.75) is 25.4 Å². The molecular formula is C19H27N7O. The highest BCUT2D eigenvalue weighted by Crippen LogP contribution is 2.35. The lowest BCUT2D eigenvalue weighted by atomic mass is 9.85. The number of nitrogens with one attached hydrogen (secondary N) is 1. The van der Waals surface area contributed by atoms with E-state index in [-0.39, 0.29) is 5.56 Å². The fraction of sp³-hybridized carbons (Fsp3) is 0.526. The molecular weight excluding hydrogens is 342 g/mol. The Labute approximate surface area is 158 Å². The van der Waals surface area contributed by atoms with Crippen LogP contribution in [0.3, 0.4) is 0 Å². The monoisotopic (exact) mass is 369 g/mol. The number of aromatic nitrogens is 5. The molecule has 0 saturated carbocycles. The molecule has 0 unspecified atom stereocenters. The second-order valence-electron chi connectivity index (χ2n) is 7.71. The third-order valence-corrected chi connectivity index (χ3v) is 5.49. The molecule has 0 spiro atoms. The van der Waals surface area contributed by atoms with Gasteiger partial charge in [-0.25, -0.2) is 9.50 Å². The maximum atomic E-state index is 12.2. The van der Waals surface area contributed by atoms with Crippen LogP contribution in [0.5, 0.6) is 0 Å². The second-order valence-corrected chi connectivity index (χ2v) is 7.71. The van der Waals surface area contributed by atoms with E-state index in [2.05, 4.69) is 45.3 Å². The fourth-order valence-electron chi connectivity index (χ4n) is 4.37. The Bertz CT molecular complexity index is 972. The minimum atomic E-state index is -0.0703. The van der Waals surface area contributed by atoms with Gasteiger partial charge in [-0.15, -0.1) is 0 Å². The van der Waals surface area contributed by atoms with Gasteiger partial charge in [0.2, 0.25) is 0 Å². The third kappa shape index (κ3) is 3.68. The van der Waals surface area contributed by atoms with Crippen LogP contribution in [0.2, 0.25) is 0 Å². The number of rotatable bonds is 5. The summed E-state index contributed by atoms with van der Waals surface area (Å²) in [5.41, 5.74) is 2.68. The van der Waals surface area contributed by atoms with Gasteiger partial charge in [0.05, 0.1) is 11.9 Å². The maximum absolute atomic E-state index is 12.2. The van der Waals surface area contributed by atoms with Crippen molar-refractivity contribution >= 4 is 5.65 Å². The average Bonchev–Trinajstić information content (AvgIpc) is 3.24. The van der Waals surface area contributed by atoms with Gasteiger partial charge in [0, 0.05) is 56.3 Å². The number of aromatic amines is 1. The Morgan fingerprint density at radius 1 is 1.37 bits per heavy atom. The van der Waals surface area contributed by atoms with Gasteiger partial charge in [0.25, 0.3) is 5.56 Å². The van der Waals surface area contributed by atoms with Gasteiger partial charge >= 0.3 is 0 Å². The minimum Gasteiger partial charge on any atom is -0.300 e. The quantitative estimate of drug-likeness (QED) is 0.733. The molecule has 0 aromatic carbocycles. The molecule has 1 aliphatic heterocycles. The Kier molecular flexibility index (Phi) is 4.84. The van der Waals surface area contributed by atoms with Crippen molar-refractivity contribution in [2.24, 2.45) is 13.0 Å². The second kappa shape index (κ2) is 7.28. The number of piperidine rings is 1. The van der Waals surface area contributed by atoms with Crippen molar-refractivity contribution in [1.29, 1.82) is 0 Å². The lowest BCUT2D eigenvalue weighted by molar-refractivity contribution is 0.0922. The lowest BCUT2D eigenvalue weighted by Crippen LogP contribution is -2.40. The molecule has 1 saturated heterocycles. The summed E-state index contributed by atoms with van der Waals surface area (Å²) >= 11 is 0. The Morgan fingerprint density at radius 3 is 3.00 bits per heavy atom. The molecule has 3 aromatic heterocycles. The summed E-state index contributed by atoms with van der Waals surface area (Å²) in [4.78, 5) is 21.5. The van der Waals surface area contributed by atoms with Crippen LogP contribution in [-0.2, 0) is 13.6 Å². The van der Waals surface area contributed by atoms with Crippen molar-refractivity contribution in [3.63, 3.8) is 0 Å². The zero-order valence-corrected chi connectivity index (χ0v) is 16.2. The number of fused-ring (bicyclic) bond motifs is 1. The first-order valence-corrected chi connectivity index (χ1v) is 9.44. The van der Waals surface area contributed by atoms with Crippen molar-refractivity contribution in [1.82, 2.24) is 34.2 Å². The molecule has 1 N–H and O–H groups in total. The highest BCUT2D eigenvalue weighted by Gasteiger charge is 2.32. The van der Waals surface area contributed by atoms with Crippen LogP contribution in [0, 0.1) is 5.92 Å². The van der Waals surface area contributed by atoms with Gasteiger partial charge < -0.3 is 4.90 Å². The zero-order chi connectivity index (χ0) is 19.0. The average molecular weight is 369 g/mol. The summed E-state index contributed by atoms with van der Waals surface area (Å²) in [7, 11) is 6.27. The molecule has 144 valence electrons. The van der Waals surface area contributed by atoms with E-state index in [4.69, 9.17) is 0 Å². The normalized spacial score (nSPS) is 21.3. The highest BCUT2D eigenvalue weighted by molar-refractivity contribution is 5.36. The van der Waals surface area contributed by atoms with E-state index in [9.17, 15) is 4.79 Å². The smallest absolute Gasteiger partial charge is 0.272 e. The first-order chi connectivity index (χ1) is 13.0. The van der Waals surface area contributed by atoms with Gasteiger partial charge in [-0.2, -0.15) is 5.10 Å². The van der Waals surface area contributed by atoms with Gasteiger partial charge in [-0.05, 0) is 39.4 Å². The number of nitrogens with zero attached hydrogens (tertiary/aromatic N) is 6. The van der Waals surface area contributed by atoms with Crippen molar-refractivity contribution < 1.29 is 0 Å². The van der Waals surface area contributed by atoms with Gasteiger partial charge in [-0.3, -0.25) is 19.5 Å². The third-order valence-electron chi connectivity index (χ3n) is 5.49. The molecule has 4 heterocycles. The van der Waals surface area contributed by atoms with Crippen LogP contribution in [0.25, 0.3) is 5.65 Å². The van der Waals surface area contributed by atoms with E-state index < -0.39 is 0 Å². The molecule has 0 bridgehead atoms. The molecule has 0 amide bonds. The van der Waals surface area contributed by atoms with Crippen molar-refractivity contribution in [3.8, 4) is 0 Å². The summed E-state index contributed by atoms with van der Waals surface area (Å²) < 4.78 is 3.33. The van der Waals surface area contributed by atoms with Crippen LogP contribution in [0.4, 0.5) is 0 Å². The van der Waals surface area contributed by atoms with Gasteiger partial charge in [0.15, 0.2) is 5.65 Å². The number of aryl methyl sites for hydroxylation is 1. The zero-order valence-electron chi connectivity index (χ0n) is 16.2. The standard InChI is InChI=1S/C19H27N7O/c1-23(13-16-9-18(27)26-17(22-16)6-7-20-26)11-14-5-4-8-24(2)19(14)15-10-21-25(3)12-15/h6-7,9-10,12,14,19-20H,4-5,8,11,13H2,1-3H3/t14-,19+/m0/s1. The molecule has 8 nitrogen and oxygen atoms in total. The minimum absolute atomic E-state index is 0.0703. The van der Waals surface area contributed by atoms with E-state index in [0.717, 1.165) is 18.8 Å². The Hall–Kier alpha value is -2.45. The van der Waals surface area contributed by atoms with Gasteiger partial charge in [-0.1, -0.05) is 0 Å². The van der Waals surface area contributed by atoms with E-state index in [1.54, 1.807) is 12.3 Å². The predicted molar refractivity (Wildman–Crippen MR) is 103 cm³/mol. The predicted octanol–water partition coefficient (Wildman–Crippen LogP) is 1.27. The molecule has 1 aliphatic rings. The van der Waals surface area contributed by atoms with Crippen molar-refractivity contribution in [3.05, 3.63) is 52.3 Å². The van der Waals surface area contributed by atoms with E-state index in [0.29, 0.717) is 24.2 Å². The number of H-pyrrole nitrogens is 1. The topological polar surface area (TPSA) is 74.5 Å². The summed E-state index contributed by atoms with van der Waals surface area (Å²) in [5, 5.41) is 7.25. The molecule has 0 aliphatic carbocycles. The molecule has 27 heavy (non-hydrogen) atoms. The van der Waals surface area contributed by atoms with E-state index in [1.807, 2.05) is 24.0 Å². The SMILES string of the molecule is CN(Cc1cc(=O)n2[nH]ccc2n1)C[C@@H]1CCCN(C)[C@H]1c1cnn(C)c1. The summed E-state index contributed by atoms with van der Waals surface area (Å²) in [6.07, 6.45) is 8.25. The van der Waals surface area contributed by atoms with Crippen LogP contribution >= 0.6 is 0 Å². The molecule has 1 fully saturated rings. The van der Waals surface area contributed by atoms with Gasteiger partial charge in [0.1, 0.15) is 0 Å². The maximum Gasteiger partial charge on any atom is 0.272 e. The molecule has 0 radical (unpaired) electrons. The summed E-state index contributed by atoms with van der Waals surface area (Å²) in [5.74, 6) is 0.523. The van der Waals surface area contributed by atoms with Crippen LogP contribution < -0.4 is 5.56 Å². The number of hydrogen-bond donors (Lipinski definition) is 1. The number of hydrogen-bond acceptors (Lipinski definition) is 5. The summed E-state index contributed by atoms with van der Waals surface area (Å²) in [6.45, 7) is 2.73. The van der Waals surface area contributed by atoms with Crippen LogP contribution in [0.15, 0.2) is 35.5 Å². The van der Waals surface area contributed by atoms with E-state index in [1.165, 1.54) is 22.9 Å². The van der Waals surface area contributed by atoms with Crippen molar-refractivity contribution in [2.75, 3.05) is 27.2 Å². The first-order valence-electron chi connectivity index (χ1n) is 9.44. The summed E-state index contributed by atoms with van der Waals surface area (Å²) in [6, 6.07) is 3.81. The molecule has 2 atom stereocenters. The Balaban J connectivity index is 1.49. The number of likely N-dealkylation sites (tertiary alicyclic amines) is 1. The highest BCUT2D eigenvalue weighted by atomic mass is 16.1. The van der Waals surface area contributed by atoms with E-state index >= 15 is 0 Å².